The van der Waals surface area contributed by atoms with Crippen molar-refractivity contribution in [3.8, 4) is 0 Å². The highest BCUT2D eigenvalue weighted by atomic mass is 19.0. The lowest BCUT2D eigenvalue weighted by Gasteiger charge is -1.76. The van der Waals surface area contributed by atoms with Crippen molar-refractivity contribution in [2.24, 2.45) is 0 Å². The lowest BCUT2D eigenvalue weighted by Crippen LogP contribution is -1.76. The van der Waals surface area contributed by atoms with Gasteiger partial charge in [-0.15, -0.1) is 0 Å². The fraction of sp³-hybridized carbons (Fsp3) is 1.00. The van der Waals surface area contributed by atoms with Crippen LogP contribution in [0, 0.1) is 0 Å². The molecule has 0 amide bonds. The van der Waals surface area contributed by atoms with Gasteiger partial charge in [0.1, 0.15) is 0 Å². The summed E-state index contributed by atoms with van der Waals surface area (Å²) in [6, 6.07) is 0. The summed E-state index contributed by atoms with van der Waals surface area (Å²) in [4.78, 5) is 0. The van der Waals surface area contributed by atoms with Gasteiger partial charge in [0, 0.05) is 6.61 Å². The molecule has 0 aliphatic carbocycles. The SMILES string of the molecule is F.[B]OCC. The highest BCUT2D eigenvalue weighted by molar-refractivity contribution is 5.97. The molecule has 5 heavy (non-hydrogen) atoms. The molecule has 0 aromatic rings. The van der Waals surface area contributed by atoms with Crippen LogP contribution in [0.1, 0.15) is 6.92 Å². The summed E-state index contributed by atoms with van der Waals surface area (Å²) in [6.07, 6.45) is 0. The molecule has 0 heterocycles. The molecule has 0 rings (SSSR count). The molecule has 0 aromatic carbocycles. The predicted octanol–water partition coefficient (Wildman–Crippen LogP) is 0.259. The second-order valence-electron chi connectivity index (χ2n) is 0.455. The number of halogens is 1. The Morgan fingerprint density at radius 2 is 2.00 bits per heavy atom. The van der Waals surface area contributed by atoms with Crippen LogP contribution in [-0.2, 0) is 4.65 Å². The Balaban J connectivity index is 0. The van der Waals surface area contributed by atoms with Gasteiger partial charge in [0.25, 0.3) is 8.05 Å². The van der Waals surface area contributed by atoms with E-state index in [1.807, 2.05) is 6.92 Å². The van der Waals surface area contributed by atoms with E-state index in [2.05, 4.69) is 12.7 Å². The zero-order valence-electron chi connectivity index (χ0n) is 3.10. The third-order valence-electron chi connectivity index (χ3n) is 0.167. The Labute approximate surface area is 32.1 Å². The van der Waals surface area contributed by atoms with Gasteiger partial charge in [-0.25, -0.2) is 0 Å². The minimum absolute atomic E-state index is 0. The first kappa shape index (κ1) is 8.88. The van der Waals surface area contributed by atoms with Crippen LogP contribution in [0.3, 0.4) is 0 Å². The summed E-state index contributed by atoms with van der Waals surface area (Å²) >= 11 is 0. The van der Waals surface area contributed by atoms with E-state index in [-0.39, 0.29) is 4.70 Å². The molecule has 0 fully saturated rings. The summed E-state index contributed by atoms with van der Waals surface area (Å²) in [7, 11) is 4.53. The predicted molar refractivity (Wildman–Crippen MR) is 19.9 cm³/mol. The molecule has 2 radical (unpaired) electrons. The van der Waals surface area contributed by atoms with Crippen LogP contribution in [0.4, 0.5) is 4.70 Å². The van der Waals surface area contributed by atoms with Crippen molar-refractivity contribution >= 4 is 8.05 Å². The summed E-state index contributed by atoms with van der Waals surface area (Å²) in [5, 5.41) is 0. The number of hydrogen-bond donors (Lipinski definition) is 0. The maximum atomic E-state index is 4.53. The largest absolute Gasteiger partial charge is 0.448 e. The van der Waals surface area contributed by atoms with E-state index in [0.717, 1.165) is 0 Å². The third kappa shape index (κ3) is 16.6. The Hall–Kier alpha value is -0.0451. The molecule has 0 unspecified atom stereocenters. The molecular weight excluding hydrogens is 69.8 g/mol. The van der Waals surface area contributed by atoms with E-state index in [0.29, 0.717) is 6.61 Å². The topological polar surface area (TPSA) is 9.23 Å². The quantitative estimate of drug-likeness (QED) is 0.407. The fourth-order valence-electron chi connectivity index (χ4n) is 0. The maximum absolute atomic E-state index is 4.53. The highest BCUT2D eigenvalue weighted by Gasteiger charge is 1.52. The Morgan fingerprint density at radius 1 is 1.80 bits per heavy atom. The standard InChI is InChI=1S/C2H5BO.FH/c1-2-4-3;/h2H2,1H3;1H. The average Bonchev–Trinajstić information content (AvgIpc) is 1.37. The molecule has 0 aliphatic heterocycles. The normalized spacial score (nSPS) is 5.80. The van der Waals surface area contributed by atoms with Crippen LogP contribution in [-0.4, -0.2) is 14.7 Å². The molecule has 0 aliphatic rings. The highest BCUT2D eigenvalue weighted by Crippen LogP contribution is 1.50. The van der Waals surface area contributed by atoms with Gasteiger partial charge in [-0.2, -0.15) is 0 Å². The third-order valence-corrected chi connectivity index (χ3v) is 0.167. The summed E-state index contributed by atoms with van der Waals surface area (Å²) < 4.78 is 4.04. The molecule has 0 aromatic heterocycles. The second-order valence-corrected chi connectivity index (χ2v) is 0.455. The summed E-state index contributed by atoms with van der Waals surface area (Å²) in [5.74, 6) is 0. The van der Waals surface area contributed by atoms with Crippen molar-refractivity contribution < 1.29 is 9.36 Å². The van der Waals surface area contributed by atoms with E-state index in [9.17, 15) is 0 Å². The van der Waals surface area contributed by atoms with Gasteiger partial charge >= 0.3 is 0 Å². The van der Waals surface area contributed by atoms with Crippen LogP contribution in [0.5, 0.6) is 0 Å². The van der Waals surface area contributed by atoms with Gasteiger partial charge in [-0.1, -0.05) is 0 Å². The number of hydrogen-bond acceptors (Lipinski definition) is 1. The second kappa shape index (κ2) is 9.04. The van der Waals surface area contributed by atoms with E-state index in [1.165, 1.54) is 0 Å². The van der Waals surface area contributed by atoms with Crippen molar-refractivity contribution in [3.05, 3.63) is 0 Å². The van der Waals surface area contributed by atoms with E-state index < -0.39 is 0 Å². The van der Waals surface area contributed by atoms with E-state index in [1.54, 1.807) is 0 Å². The van der Waals surface area contributed by atoms with Crippen molar-refractivity contribution in [3.63, 3.8) is 0 Å². The molecule has 1 nitrogen and oxygen atoms in total. The zero-order valence-corrected chi connectivity index (χ0v) is 3.10. The zero-order chi connectivity index (χ0) is 3.41. The van der Waals surface area contributed by atoms with Crippen molar-refractivity contribution in [1.29, 1.82) is 0 Å². The molecule has 0 atom stereocenters. The van der Waals surface area contributed by atoms with Gasteiger partial charge in [-0.3, -0.25) is 4.70 Å². The molecule has 3 heteroatoms. The molecule has 30 valence electrons. The van der Waals surface area contributed by atoms with Crippen LogP contribution in [0.25, 0.3) is 0 Å². The molecule has 0 saturated carbocycles. The molecular formula is C2H6BFO. The first-order valence-electron chi connectivity index (χ1n) is 1.23. The van der Waals surface area contributed by atoms with Crippen molar-refractivity contribution in [2.75, 3.05) is 6.61 Å². The molecule has 0 N–H and O–H groups in total. The van der Waals surface area contributed by atoms with Crippen molar-refractivity contribution in [2.45, 2.75) is 6.92 Å². The van der Waals surface area contributed by atoms with Gasteiger partial charge in [-0.05, 0) is 6.92 Å². The first-order chi connectivity index (χ1) is 1.91. The van der Waals surface area contributed by atoms with Crippen LogP contribution < -0.4 is 0 Å². The average molecular weight is 75.9 g/mol. The molecule has 0 bridgehead atoms. The Morgan fingerprint density at radius 3 is 2.00 bits per heavy atom. The first-order valence-corrected chi connectivity index (χ1v) is 1.23. The summed E-state index contributed by atoms with van der Waals surface area (Å²) in [5.41, 5.74) is 0. The Bertz CT molecular complexity index is 11.6. The lowest BCUT2D eigenvalue weighted by molar-refractivity contribution is 0.375. The van der Waals surface area contributed by atoms with Gasteiger partial charge in [0.05, 0.1) is 0 Å². The van der Waals surface area contributed by atoms with Crippen molar-refractivity contribution in [1.82, 2.24) is 0 Å². The Kier molecular flexibility index (Phi) is 16.0. The fourth-order valence-corrected chi connectivity index (χ4v) is 0. The van der Waals surface area contributed by atoms with Gasteiger partial charge in [0.15, 0.2) is 0 Å². The van der Waals surface area contributed by atoms with Crippen LogP contribution >= 0.6 is 0 Å². The monoisotopic (exact) mass is 76.0 g/mol. The van der Waals surface area contributed by atoms with Crippen LogP contribution in [0.15, 0.2) is 0 Å². The van der Waals surface area contributed by atoms with Gasteiger partial charge in [0.2, 0.25) is 0 Å². The van der Waals surface area contributed by atoms with E-state index >= 15 is 0 Å². The van der Waals surface area contributed by atoms with E-state index in [4.69, 9.17) is 0 Å². The van der Waals surface area contributed by atoms with Crippen LogP contribution in [0.2, 0.25) is 0 Å². The maximum Gasteiger partial charge on any atom is 0.282 e. The number of rotatable bonds is 1. The molecule has 0 spiro atoms. The summed E-state index contributed by atoms with van der Waals surface area (Å²) in [6.45, 7) is 2.43. The smallest absolute Gasteiger partial charge is 0.282 e. The van der Waals surface area contributed by atoms with Gasteiger partial charge < -0.3 is 4.65 Å². The minimum atomic E-state index is 0. The molecule has 0 saturated heterocycles. The lowest BCUT2D eigenvalue weighted by atomic mass is 10.6. The minimum Gasteiger partial charge on any atom is -0.448 e.